The quantitative estimate of drug-likeness (QED) is 0.774. The molecule has 96 valence electrons. The molecule has 2 nitrogen and oxygen atoms in total. The van der Waals surface area contributed by atoms with Crippen LogP contribution in [-0.4, -0.2) is 18.3 Å². The highest BCUT2D eigenvalue weighted by atomic mass is 19.1. The summed E-state index contributed by atoms with van der Waals surface area (Å²) in [5.41, 5.74) is 7.86. The van der Waals surface area contributed by atoms with Crippen molar-refractivity contribution in [1.29, 1.82) is 0 Å². The van der Waals surface area contributed by atoms with E-state index in [1.54, 1.807) is 13.8 Å². The number of nitrogens with one attached hydrogen (secondary N) is 1. The van der Waals surface area contributed by atoms with Gasteiger partial charge >= 0.3 is 0 Å². The third-order valence-corrected chi connectivity index (χ3v) is 2.88. The van der Waals surface area contributed by atoms with Gasteiger partial charge in [-0.3, -0.25) is 0 Å². The Hall–Kier alpha value is -1.09. The summed E-state index contributed by atoms with van der Waals surface area (Å²) in [4.78, 5) is 0. The average molecular weight is 238 g/mol. The summed E-state index contributed by atoms with van der Waals surface area (Å²) in [6.07, 6.45) is 0.868. The molecule has 0 aliphatic rings. The molecule has 0 bridgehead atoms. The van der Waals surface area contributed by atoms with E-state index in [4.69, 9.17) is 5.73 Å². The van der Waals surface area contributed by atoms with E-state index >= 15 is 0 Å². The number of hydrogen-bond donors (Lipinski definition) is 2. The van der Waals surface area contributed by atoms with E-state index in [1.807, 2.05) is 19.1 Å². The molecule has 0 radical (unpaired) electrons. The molecule has 0 spiro atoms. The third kappa shape index (κ3) is 4.73. The van der Waals surface area contributed by atoms with Gasteiger partial charge in [-0.2, -0.15) is 0 Å². The van der Waals surface area contributed by atoms with Crippen LogP contribution in [-0.2, 0) is 6.42 Å². The van der Waals surface area contributed by atoms with Gasteiger partial charge in [-0.15, -0.1) is 0 Å². The molecule has 3 N–H and O–H groups in total. The highest BCUT2D eigenvalue weighted by molar-refractivity contribution is 5.50. The monoisotopic (exact) mass is 238 g/mol. The van der Waals surface area contributed by atoms with Crippen LogP contribution in [0.15, 0.2) is 18.2 Å². The molecule has 0 saturated heterocycles. The zero-order chi connectivity index (χ0) is 13.1. The Morgan fingerprint density at radius 3 is 2.65 bits per heavy atom. The molecule has 0 aliphatic carbocycles. The van der Waals surface area contributed by atoms with Crippen LogP contribution in [0, 0.1) is 6.92 Å². The SMILES string of the molecule is Cc1c(N)cccc1CC(C)NCC(C)(C)F. The second kappa shape index (κ2) is 5.50. The van der Waals surface area contributed by atoms with Crippen molar-refractivity contribution in [3.63, 3.8) is 0 Å². The molecule has 3 heteroatoms. The van der Waals surface area contributed by atoms with Crippen molar-refractivity contribution in [1.82, 2.24) is 5.32 Å². The molecule has 0 aromatic heterocycles. The van der Waals surface area contributed by atoms with E-state index < -0.39 is 5.67 Å². The Labute approximate surface area is 103 Å². The van der Waals surface area contributed by atoms with Gasteiger partial charge < -0.3 is 11.1 Å². The summed E-state index contributed by atoms with van der Waals surface area (Å²) in [5, 5.41) is 3.20. The first kappa shape index (κ1) is 14.0. The largest absolute Gasteiger partial charge is 0.399 e. The van der Waals surface area contributed by atoms with Crippen molar-refractivity contribution in [2.24, 2.45) is 0 Å². The standard InChI is InChI=1S/C14H23FN2/c1-10(17-9-14(3,4)15)8-12-6-5-7-13(16)11(12)2/h5-7,10,17H,8-9,16H2,1-4H3. The van der Waals surface area contributed by atoms with Crippen molar-refractivity contribution >= 4 is 5.69 Å². The predicted molar refractivity (Wildman–Crippen MR) is 71.9 cm³/mol. The van der Waals surface area contributed by atoms with E-state index in [1.165, 1.54) is 5.56 Å². The number of nitrogen functional groups attached to an aromatic ring is 1. The van der Waals surface area contributed by atoms with Crippen LogP contribution in [0.25, 0.3) is 0 Å². The number of anilines is 1. The van der Waals surface area contributed by atoms with E-state index in [9.17, 15) is 4.39 Å². The topological polar surface area (TPSA) is 38.0 Å². The maximum Gasteiger partial charge on any atom is 0.117 e. The molecule has 0 amide bonds. The minimum Gasteiger partial charge on any atom is -0.399 e. The summed E-state index contributed by atoms with van der Waals surface area (Å²) in [6, 6.07) is 6.18. The third-order valence-electron chi connectivity index (χ3n) is 2.88. The number of hydrogen-bond acceptors (Lipinski definition) is 2. The molecular weight excluding hydrogens is 215 g/mol. The summed E-state index contributed by atoms with van der Waals surface area (Å²) in [6.45, 7) is 7.62. The van der Waals surface area contributed by atoms with Crippen molar-refractivity contribution in [3.8, 4) is 0 Å². The molecule has 0 heterocycles. The van der Waals surface area contributed by atoms with Gasteiger partial charge in [-0.05, 0) is 51.3 Å². The summed E-state index contributed by atoms with van der Waals surface area (Å²) in [7, 11) is 0. The van der Waals surface area contributed by atoms with Gasteiger partial charge in [0, 0.05) is 18.3 Å². The van der Waals surface area contributed by atoms with Crippen LogP contribution in [0.3, 0.4) is 0 Å². The Kier molecular flexibility index (Phi) is 4.52. The fourth-order valence-electron chi connectivity index (χ4n) is 1.74. The first-order valence-electron chi connectivity index (χ1n) is 6.06. The fourth-order valence-corrected chi connectivity index (χ4v) is 1.74. The Balaban J connectivity index is 2.56. The Morgan fingerprint density at radius 1 is 1.41 bits per heavy atom. The summed E-state index contributed by atoms with van der Waals surface area (Å²) >= 11 is 0. The molecule has 0 saturated carbocycles. The van der Waals surface area contributed by atoms with Gasteiger partial charge in [0.25, 0.3) is 0 Å². The van der Waals surface area contributed by atoms with Gasteiger partial charge in [0.05, 0.1) is 0 Å². The van der Waals surface area contributed by atoms with Crippen LogP contribution >= 0.6 is 0 Å². The van der Waals surface area contributed by atoms with Crippen LogP contribution in [0.2, 0.25) is 0 Å². The van der Waals surface area contributed by atoms with Crippen molar-refractivity contribution in [3.05, 3.63) is 29.3 Å². The Bertz CT molecular complexity index is 369. The van der Waals surface area contributed by atoms with Crippen molar-refractivity contribution in [2.75, 3.05) is 12.3 Å². The lowest BCUT2D eigenvalue weighted by Gasteiger charge is -2.20. The van der Waals surface area contributed by atoms with E-state index in [0.717, 1.165) is 17.7 Å². The molecular formula is C14H23FN2. The van der Waals surface area contributed by atoms with Gasteiger partial charge in [0.1, 0.15) is 5.67 Å². The zero-order valence-electron chi connectivity index (χ0n) is 11.2. The highest BCUT2D eigenvalue weighted by Crippen LogP contribution is 2.17. The predicted octanol–water partition coefficient (Wildman–Crippen LogP) is 2.85. The molecule has 0 aliphatic heterocycles. The van der Waals surface area contributed by atoms with Crippen LogP contribution in [0.4, 0.5) is 10.1 Å². The maximum atomic E-state index is 13.3. The van der Waals surface area contributed by atoms with Gasteiger partial charge in [-0.1, -0.05) is 12.1 Å². The van der Waals surface area contributed by atoms with Crippen LogP contribution in [0.5, 0.6) is 0 Å². The first-order valence-corrected chi connectivity index (χ1v) is 6.06. The number of nitrogens with two attached hydrogens (primary N) is 1. The van der Waals surface area contributed by atoms with Crippen LogP contribution in [0.1, 0.15) is 31.9 Å². The number of rotatable bonds is 5. The molecule has 1 aromatic rings. The second-order valence-corrected chi connectivity index (χ2v) is 5.34. The smallest absolute Gasteiger partial charge is 0.117 e. The molecule has 17 heavy (non-hydrogen) atoms. The van der Waals surface area contributed by atoms with Crippen molar-refractivity contribution in [2.45, 2.75) is 45.8 Å². The lowest BCUT2D eigenvalue weighted by Crippen LogP contribution is -2.37. The first-order chi connectivity index (χ1) is 7.79. The fraction of sp³-hybridized carbons (Fsp3) is 0.571. The van der Waals surface area contributed by atoms with Gasteiger partial charge in [0.15, 0.2) is 0 Å². The lowest BCUT2D eigenvalue weighted by atomic mass is 10.00. The number of alkyl halides is 1. The van der Waals surface area contributed by atoms with E-state index in [2.05, 4.69) is 18.3 Å². The molecule has 1 rings (SSSR count). The minimum absolute atomic E-state index is 0.241. The highest BCUT2D eigenvalue weighted by Gasteiger charge is 2.16. The molecule has 0 fully saturated rings. The minimum atomic E-state index is -1.17. The Morgan fingerprint density at radius 2 is 2.06 bits per heavy atom. The average Bonchev–Trinajstić information content (AvgIpc) is 2.21. The number of benzene rings is 1. The molecule has 1 aromatic carbocycles. The maximum absolute atomic E-state index is 13.3. The normalized spacial score (nSPS) is 13.7. The van der Waals surface area contributed by atoms with Crippen molar-refractivity contribution < 1.29 is 4.39 Å². The van der Waals surface area contributed by atoms with E-state index in [0.29, 0.717) is 6.54 Å². The molecule has 1 atom stereocenters. The zero-order valence-corrected chi connectivity index (χ0v) is 11.2. The van der Waals surface area contributed by atoms with Gasteiger partial charge in [0.2, 0.25) is 0 Å². The summed E-state index contributed by atoms with van der Waals surface area (Å²) < 4.78 is 13.3. The van der Waals surface area contributed by atoms with Gasteiger partial charge in [-0.25, -0.2) is 4.39 Å². The number of halogens is 1. The second-order valence-electron chi connectivity index (χ2n) is 5.34. The lowest BCUT2D eigenvalue weighted by molar-refractivity contribution is 0.204. The van der Waals surface area contributed by atoms with E-state index in [-0.39, 0.29) is 6.04 Å². The summed E-state index contributed by atoms with van der Waals surface area (Å²) in [5.74, 6) is 0. The van der Waals surface area contributed by atoms with Crippen LogP contribution < -0.4 is 11.1 Å². The molecule has 1 unspecified atom stereocenters.